The number of hydrogen-bond donors (Lipinski definition) is 1. The quantitative estimate of drug-likeness (QED) is 0.230. The molecule has 1 N–H and O–H groups in total. The number of aryl methyl sites for hydroxylation is 1. The number of carbonyl (C=O) groups is 2. The van der Waals surface area contributed by atoms with Gasteiger partial charge in [0.2, 0.25) is 11.8 Å². The maximum absolute atomic E-state index is 14.3. The Morgan fingerprint density at radius 1 is 0.884 bits per heavy atom. The van der Waals surface area contributed by atoms with Crippen LogP contribution >= 0.6 is 23.2 Å². The largest absolute Gasteiger partial charge is 0.352 e. The van der Waals surface area contributed by atoms with Gasteiger partial charge in [-0.05, 0) is 67.6 Å². The number of nitrogens with one attached hydrogen (secondary N) is 1. The van der Waals surface area contributed by atoms with Gasteiger partial charge in [-0.3, -0.25) is 13.9 Å². The van der Waals surface area contributed by atoms with E-state index >= 15 is 0 Å². The number of halogens is 2. The molecular formula is C33H39Cl2N3O4S. The second-order valence-electron chi connectivity index (χ2n) is 10.8. The summed E-state index contributed by atoms with van der Waals surface area (Å²) in [4.78, 5) is 29.5. The molecule has 0 spiro atoms. The van der Waals surface area contributed by atoms with Crippen LogP contribution in [0.5, 0.6) is 0 Å². The number of amides is 2. The smallest absolute Gasteiger partial charge is 0.264 e. The molecule has 4 rings (SSSR count). The molecule has 3 aromatic rings. The molecule has 2 amide bonds. The van der Waals surface area contributed by atoms with E-state index in [0.29, 0.717) is 27.7 Å². The van der Waals surface area contributed by atoms with E-state index < -0.39 is 28.5 Å². The van der Waals surface area contributed by atoms with Crippen molar-refractivity contribution in [3.05, 3.63) is 94.0 Å². The summed E-state index contributed by atoms with van der Waals surface area (Å²) in [6, 6.07) is 19.4. The molecular weight excluding hydrogens is 605 g/mol. The first-order chi connectivity index (χ1) is 20.6. The highest BCUT2D eigenvalue weighted by atomic mass is 35.5. The molecule has 1 saturated carbocycles. The van der Waals surface area contributed by atoms with Gasteiger partial charge in [-0.1, -0.05) is 92.7 Å². The van der Waals surface area contributed by atoms with Gasteiger partial charge in [0.1, 0.15) is 12.6 Å². The molecule has 1 aliphatic carbocycles. The molecule has 7 nitrogen and oxygen atoms in total. The number of carbonyl (C=O) groups excluding carboxylic acids is 2. The second kappa shape index (κ2) is 15.1. The molecule has 1 fully saturated rings. The van der Waals surface area contributed by atoms with Gasteiger partial charge in [0.05, 0.1) is 10.6 Å². The summed E-state index contributed by atoms with van der Waals surface area (Å²) in [5, 5.41) is 3.86. The van der Waals surface area contributed by atoms with Crippen LogP contribution in [0.2, 0.25) is 10.0 Å². The zero-order valence-electron chi connectivity index (χ0n) is 24.6. The molecule has 0 aromatic heterocycles. The first-order valence-corrected chi connectivity index (χ1v) is 17.0. The van der Waals surface area contributed by atoms with Crippen LogP contribution < -0.4 is 9.62 Å². The molecule has 3 aromatic carbocycles. The minimum absolute atomic E-state index is 0.0446. The van der Waals surface area contributed by atoms with E-state index in [1.165, 1.54) is 17.0 Å². The van der Waals surface area contributed by atoms with Crippen molar-refractivity contribution in [1.82, 2.24) is 10.2 Å². The lowest BCUT2D eigenvalue weighted by molar-refractivity contribution is -0.140. The summed E-state index contributed by atoms with van der Waals surface area (Å²) in [6.45, 7) is 3.28. The average Bonchev–Trinajstić information content (AvgIpc) is 3.02. The third-order valence-corrected chi connectivity index (χ3v) is 10.5. The Morgan fingerprint density at radius 2 is 1.51 bits per heavy atom. The number of rotatable bonds is 12. The summed E-state index contributed by atoms with van der Waals surface area (Å²) in [5.41, 5.74) is 1.88. The summed E-state index contributed by atoms with van der Waals surface area (Å²) in [7, 11) is -4.13. The predicted octanol–water partition coefficient (Wildman–Crippen LogP) is 7.01. The van der Waals surface area contributed by atoms with Crippen molar-refractivity contribution in [2.75, 3.05) is 10.8 Å². The van der Waals surface area contributed by atoms with Crippen LogP contribution in [-0.4, -0.2) is 43.8 Å². The first kappa shape index (κ1) is 32.8. The van der Waals surface area contributed by atoms with Gasteiger partial charge >= 0.3 is 0 Å². The Balaban J connectivity index is 1.73. The van der Waals surface area contributed by atoms with Crippen molar-refractivity contribution >= 4 is 50.7 Å². The van der Waals surface area contributed by atoms with Crippen molar-refractivity contribution in [3.8, 4) is 0 Å². The zero-order valence-corrected chi connectivity index (χ0v) is 27.0. The normalized spacial score (nSPS) is 14.6. The highest BCUT2D eigenvalue weighted by Crippen LogP contribution is 2.29. The molecule has 0 bridgehead atoms. The number of hydrogen-bond acceptors (Lipinski definition) is 4. The number of sulfonamides is 1. The monoisotopic (exact) mass is 643 g/mol. The van der Waals surface area contributed by atoms with E-state index in [1.807, 2.05) is 26.0 Å². The van der Waals surface area contributed by atoms with Crippen LogP contribution in [-0.2, 0) is 32.6 Å². The van der Waals surface area contributed by atoms with Crippen molar-refractivity contribution in [2.45, 2.75) is 82.3 Å². The third kappa shape index (κ3) is 8.11. The lowest BCUT2D eigenvalue weighted by atomic mass is 9.95. The number of nitrogens with zero attached hydrogens (tertiary/aromatic N) is 2. The van der Waals surface area contributed by atoms with E-state index in [0.717, 1.165) is 48.4 Å². The van der Waals surface area contributed by atoms with Crippen LogP contribution in [0.3, 0.4) is 0 Å². The van der Waals surface area contributed by atoms with Gasteiger partial charge in [-0.2, -0.15) is 0 Å². The van der Waals surface area contributed by atoms with Crippen LogP contribution in [0.25, 0.3) is 0 Å². The Hall–Kier alpha value is -3.07. The van der Waals surface area contributed by atoms with E-state index in [2.05, 4.69) is 5.32 Å². The van der Waals surface area contributed by atoms with Crippen molar-refractivity contribution in [1.29, 1.82) is 0 Å². The Labute approximate surface area is 265 Å². The summed E-state index contributed by atoms with van der Waals surface area (Å²) in [6.07, 6.45) is 6.12. The van der Waals surface area contributed by atoms with Crippen molar-refractivity contribution in [2.24, 2.45) is 0 Å². The zero-order chi connectivity index (χ0) is 31.0. The lowest BCUT2D eigenvalue weighted by Gasteiger charge is -2.34. The van der Waals surface area contributed by atoms with E-state index in [9.17, 15) is 18.0 Å². The standard InChI is InChI=1S/C33H39Cl2N3O4S/c1-3-24-18-20-26(21-19-24)38(43(41,42)27-14-9-6-10-15-27)23-32(39)37(22-28-29(34)16-11-17-30(28)35)31(4-2)33(40)36-25-12-7-5-8-13-25/h6,9-11,14-21,25,31H,3-5,7-8,12-13,22-23H2,1-2H3,(H,36,40). The molecule has 230 valence electrons. The Kier molecular flexibility index (Phi) is 11.5. The summed E-state index contributed by atoms with van der Waals surface area (Å²) >= 11 is 13.0. The molecule has 0 saturated heterocycles. The van der Waals surface area contributed by atoms with E-state index in [-0.39, 0.29) is 23.4 Å². The molecule has 0 heterocycles. The number of benzene rings is 3. The molecule has 43 heavy (non-hydrogen) atoms. The van der Waals surface area contributed by atoms with Gasteiger partial charge in [0, 0.05) is 28.2 Å². The Morgan fingerprint density at radius 3 is 2.09 bits per heavy atom. The fourth-order valence-corrected chi connectivity index (χ4v) is 7.42. The molecule has 1 unspecified atom stereocenters. The SMILES string of the molecule is CCc1ccc(N(CC(=O)N(Cc2c(Cl)cccc2Cl)C(CC)C(=O)NC2CCCCC2)S(=O)(=O)c2ccccc2)cc1. The van der Waals surface area contributed by atoms with E-state index in [4.69, 9.17) is 23.2 Å². The highest BCUT2D eigenvalue weighted by molar-refractivity contribution is 7.92. The summed E-state index contributed by atoms with van der Waals surface area (Å²) < 4.78 is 29.1. The van der Waals surface area contributed by atoms with Gasteiger partial charge < -0.3 is 10.2 Å². The minimum Gasteiger partial charge on any atom is -0.352 e. The van der Waals surface area contributed by atoms with Crippen LogP contribution in [0.15, 0.2) is 77.7 Å². The average molecular weight is 645 g/mol. The van der Waals surface area contributed by atoms with Gasteiger partial charge in [0.15, 0.2) is 0 Å². The summed E-state index contributed by atoms with van der Waals surface area (Å²) in [5.74, 6) is -0.809. The first-order valence-electron chi connectivity index (χ1n) is 14.8. The maximum Gasteiger partial charge on any atom is 0.264 e. The minimum atomic E-state index is -4.13. The van der Waals surface area contributed by atoms with Gasteiger partial charge in [-0.15, -0.1) is 0 Å². The van der Waals surface area contributed by atoms with Crippen molar-refractivity contribution in [3.63, 3.8) is 0 Å². The van der Waals surface area contributed by atoms with E-state index in [1.54, 1.807) is 48.5 Å². The molecule has 1 atom stereocenters. The lowest BCUT2D eigenvalue weighted by Crippen LogP contribution is -2.54. The van der Waals surface area contributed by atoms with Crippen LogP contribution in [0, 0.1) is 0 Å². The predicted molar refractivity (Wildman–Crippen MR) is 173 cm³/mol. The van der Waals surface area contributed by atoms with Crippen molar-refractivity contribution < 1.29 is 18.0 Å². The molecule has 10 heteroatoms. The fraction of sp³-hybridized carbons (Fsp3) is 0.394. The molecule has 1 aliphatic rings. The van der Waals surface area contributed by atoms with Crippen LogP contribution in [0.4, 0.5) is 5.69 Å². The third-order valence-electron chi connectivity index (χ3n) is 7.97. The van der Waals surface area contributed by atoms with Gasteiger partial charge in [0.25, 0.3) is 10.0 Å². The maximum atomic E-state index is 14.3. The van der Waals surface area contributed by atoms with Gasteiger partial charge in [-0.25, -0.2) is 8.42 Å². The highest BCUT2D eigenvalue weighted by Gasteiger charge is 2.35. The van der Waals surface area contributed by atoms with Crippen LogP contribution in [0.1, 0.15) is 63.5 Å². The Bertz CT molecular complexity index is 1470. The molecule has 0 radical (unpaired) electrons. The second-order valence-corrected chi connectivity index (χ2v) is 13.5. The number of anilines is 1. The molecule has 0 aliphatic heterocycles. The fourth-order valence-electron chi connectivity index (χ4n) is 5.46. The topological polar surface area (TPSA) is 86.8 Å².